The third kappa shape index (κ3) is 4.54. The molecule has 1 saturated carbocycles. The summed E-state index contributed by atoms with van der Waals surface area (Å²) in [6.45, 7) is 6.88. The van der Waals surface area contributed by atoms with E-state index in [-0.39, 0.29) is 11.7 Å². The zero-order valence-electron chi connectivity index (χ0n) is 17.1. The Balaban J connectivity index is 1.80. The summed E-state index contributed by atoms with van der Waals surface area (Å²) in [6.07, 6.45) is 4.73. The highest BCUT2D eigenvalue weighted by Gasteiger charge is 2.41. The lowest BCUT2D eigenvalue weighted by Gasteiger charge is -2.36. The quantitative estimate of drug-likeness (QED) is 0.663. The Hall–Kier alpha value is -2.36. The predicted molar refractivity (Wildman–Crippen MR) is 111 cm³/mol. The van der Waals surface area contributed by atoms with Crippen molar-refractivity contribution in [3.8, 4) is 5.75 Å². The fourth-order valence-corrected chi connectivity index (χ4v) is 3.97. The molecule has 2 aromatic carbocycles. The Labute approximate surface area is 167 Å². The van der Waals surface area contributed by atoms with Gasteiger partial charge in [-0.1, -0.05) is 45.2 Å². The van der Waals surface area contributed by atoms with Crippen LogP contribution in [0.5, 0.6) is 5.75 Å². The molecule has 2 aromatic rings. The van der Waals surface area contributed by atoms with Crippen LogP contribution in [0.3, 0.4) is 0 Å². The summed E-state index contributed by atoms with van der Waals surface area (Å²) in [6, 6.07) is 12.2. The Morgan fingerprint density at radius 2 is 1.79 bits per heavy atom. The molecule has 1 amide bonds. The van der Waals surface area contributed by atoms with Crippen LogP contribution < -0.4 is 10.1 Å². The van der Waals surface area contributed by atoms with Gasteiger partial charge in [-0.05, 0) is 67.1 Å². The Morgan fingerprint density at radius 3 is 2.39 bits per heavy atom. The van der Waals surface area contributed by atoms with Gasteiger partial charge in [-0.15, -0.1) is 0 Å². The molecular formula is C24H30FNO2. The number of hydrogen-bond donors (Lipinski definition) is 1. The highest BCUT2D eigenvalue weighted by Crippen LogP contribution is 2.40. The second-order valence-corrected chi connectivity index (χ2v) is 8.29. The third-order valence-corrected chi connectivity index (χ3v) is 5.54. The number of ether oxygens (including phenoxy) is 1. The standard InChI is InChI=1S/C24H30FNO2/c1-17(2)16-28-22-12-11-21(15-18(22)3)26-23(27)24(13-5-4-6-14-24)19-7-9-20(25)10-8-19/h7-12,15,17H,4-6,13-14,16H2,1-3H3,(H,26,27). The zero-order valence-corrected chi connectivity index (χ0v) is 17.1. The maximum absolute atomic E-state index is 13.4. The highest BCUT2D eigenvalue weighted by molar-refractivity contribution is 5.99. The lowest BCUT2D eigenvalue weighted by Crippen LogP contribution is -2.42. The molecule has 0 aliphatic heterocycles. The van der Waals surface area contributed by atoms with Gasteiger partial charge in [0.1, 0.15) is 11.6 Å². The fourth-order valence-electron chi connectivity index (χ4n) is 3.97. The molecule has 0 atom stereocenters. The van der Waals surface area contributed by atoms with Crippen LogP contribution in [0, 0.1) is 18.7 Å². The SMILES string of the molecule is Cc1cc(NC(=O)C2(c3ccc(F)cc3)CCCCC2)ccc1OCC(C)C. The first-order valence-electron chi connectivity index (χ1n) is 10.2. The fraction of sp³-hybridized carbons (Fsp3) is 0.458. The van der Waals surface area contributed by atoms with E-state index in [4.69, 9.17) is 4.74 Å². The van der Waals surface area contributed by atoms with E-state index in [1.54, 1.807) is 12.1 Å². The summed E-state index contributed by atoms with van der Waals surface area (Å²) in [4.78, 5) is 13.3. The van der Waals surface area contributed by atoms with Crippen molar-refractivity contribution < 1.29 is 13.9 Å². The van der Waals surface area contributed by atoms with Gasteiger partial charge in [-0.3, -0.25) is 4.79 Å². The molecule has 0 spiro atoms. The summed E-state index contributed by atoms with van der Waals surface area (Å²) in [5, 5.41) is 3.11. The summed E-state index contributed by atoms with van der Waals surface area (Å²) in [5.41, 5.74) is 2.08. The molecular weight excluding hydrogens is 353 g/mol. The van der Waals surface area contributed by atoms with Gasteiger partial charge in [0.05, 0.1) is 12.0 Å². The van der Waals surface area contributed by atoms with Crippen molar-refractivity contribution in [3.05, 3.63) is 59.4 Å². The molecule has 4 heteroatoms. The number of hydrogen-bond acceptors (Lipinski definition) is 2. The molecule has 0 heterocycles. The van der Waals surface area contributed by atoms with Gasteiger partial charge in [0.2, 0.25) is 5.91 Å². The van der Waals surface area contributed by atoms with Crippen molar-refractivity contribution >= 4 is 11.6 Å². The van der Waals surface area contributed by atoms with Crippen molar-refractivity contribution in [1.29, 1.82) is 0 Å². The highest BCUT2D eigenvalue weighted by atomic mass is 19.1. The van der Waals surface area contributed by atoms with Crippen LogP contribution in [0.4, 0.5) is 10.1 Å². The molecule has 1 aliphatic carbocycles. The van der Waals surface area contributed by atoms with E-state index < -0.39 is 5.41 Å². The van der Waals surface area contributed by atoms with Crippen LogP contribution in [-0.4, -0.2) is 12.5 Å². The second-order valence-electron chi connectivity index (χ2n) is 8.29. The van der Waals surface area contributed by atoms with E-state index in [0.717, 1.165) is 54.7 Å². The molecule has 0 bridgehead atoms. The first kappa shape index (κ1) is 20.4. The topological polar surface area (TPSA) is 38.3 Å². The van der Waals surface area contributed by atoms with Crippen molar-refractivity contribution in [1.82, 2.24) is 0 Å². The normalized spacial score (nSPS) is 16.0. The largest absolute Gasteiger partial charge is 0.493 e. The number of nitrogens with one attached hydrogen (secondary N) is 1. The number of rotatable bonds is 6. The van der Waals surface area contributed by atoms with Crippen molar-refractivity contribution in [2.75, 3.05) is 11.9 Å². The van der Waals surface area contributed by atoms with Gasteiger partial charge in [0, 0.05) is 5.69 Å². The minimum atomic E-state index is -0.591. The van der Waals surface area contributed by atoms with Crippen LogP contribution in [0.25, 0.3) is 0 Å². The molecule has 1 N–H and O–H groups in total. The number of halogens is 1. The minimum Gasteiger partial charge on any atom is -0.493 e. The van der Waals surface area contributed by atoms with E-state index in [0.29, 0.717) is 12.5 Å². The minimum absolute atomic E-state index is 0.00550. The number of carbonyl (C=O) groups is 1. The number of aryl methyl sites for hydroxylation is 1. The molecule has 150 valence electrons. The average Bonchev–Trinajstić information content (AvgIpc) is 2.68. The van der Waals surface area contributed by atoms with E-state index in [1.165, 1.54) is 12.1 Å². The van der Waals surface area contributed by atoms with Crippen LogP contribution >= 0.6 is 0 Å². The Kier molecular flexibility index (Phi) is 6.38. The van der Waals surface area contributed by atoms with Gasteiger partial charge < -0.3 is 10.1 Å². The Bertz CT molecular complexity index is 808. The first-order valence-corrected chi connectivity index (χ1v) is 10.2. The smallest absolute Gasteiger partial charge is 0.235 e. The maximum Gasteiger partial charge on any atom is 0.235 e. The molecule has 0 aromatic heterocycles. The summed E-state index contributed by atoms with van der Waals surface area (Å²) >= 11 is 0. The van der Waals surface area contributed by atoms with Gasteiger partial charge in [0.25, 0.3) is 0 Å². The van der Waals surface area contributed by atoms with E-state index in [9.17, 15) is 9.18 Å². The van der Waals surface area contributed by atoms with Crippen LogP contribution in [0.1, 0.15) is 57.1 Å². The predicted octanol–water partition coefficient (Wildman–Crippen LogP) is 6.01. The van der Waals surface area contributed by atoms with Crippen molar-refractivity contribution in [3.63, 3.8) is 0 Å². The van der Waals surface area contributed by atoms with Crippen molar-refractivity contribution in [2.24, 2.45) is 5.92 Å². The van der Waals surface area contributed by atoms with E-state index in [2.05, 4.69) is 19.2 Å². The van der Waals surface area contributed by atoms with Crippen molar-refractivity contribution in [2.45, 2.75) is 58.3 Å². The number of carbonyl (C=O) groups excluding carboxylic acids is 1. The first-order chi connectivity index (χ1) is 13.4. The van der Waals surface area contributed by atoms with Gasteiger partial charge >= 0.3 is 0 Å². The number of amides is 1. The molecule has 3 rings (SSSR count). The van der Waals surface area contributed by atoms with Gasteiger partial charge in [-0.25, -0.2) is 4.39 Å². The lowest BCUT2D eigenvalue weighted by atomic mass is 9.68. The number of benzene rings is 2. The average molecular weight is 384 g/mol. The van der Waals surface area contributed by atoms with Crippen LogP contribution in [0.2, 0.25) is 0 Å². The monoisotopic (exact) mass is 383 g/mol. The maximum atomic E-state index is 13.4. The molecule has 28 heavy (non-hydrogen) atoms. The molecule has 3 nitrogen and oxygen atoms in total. The summed E-state index contributed by atoms with van der Waals surface area (Å²) in [7, 11) is 0. The molecule has 1 fully saturated rings. The zero-order chi connectivity index (χ0) is 20.1. The summed E-state index contributed by atoms with van der Waals surface area (Å²) in [5.74, 6) is 1.02. The molecule has 0 unspecified atom stereocenters. The van der Waals surface area contributed by atoms with Crippen LogP contribution in [-0.2, 0) is 10.2 Å². The molecule has 0 saturated heterocycles. The van der Waals surface area contributed by atoms with Gasteiger partial charge in [0.15, 0.2) is 0 Å². The van der Waals surface area contributed by atoms with E-state index in [1.807, 2.05) is 25.1 Å². The lowest BCUT2D eigenvalue weighted by molar-refractivity contribution is -0.122. The molecule has 1 aliphatic rings. The Morgan fingerprint density at radius 1 is 1.11 bits per heavy atom. The summed E-state index contributed by atoms with van der Waals surface area (Å²) < 4.78 is 19.2. The third-order valence-electron chi connectivity index (χ3n) is 5.54. The van der Waals surface area contributed by atoms with Gasteiger partial charge in [-0.2, -0.15) is 0 Å². The second kappa shape index (κ2) is 8.76. The molecule has 0 radical (unpaired) electrons. The van der Waals surface area contributed by atoms with Crippen LogP contribution in [0.15, 0.2) is 42.5 Å². The van der Waals surface area contributed by atoms with E-state index >= 15 is 0 Å². The number of anilines is 1.